The number of amides is 1. The maximum absolute atomic E-state index is 12.2. The van der Waals surface area contributed by atoms with Gasteiger partial charge in [-0.3, -0.25) is 4.79 Å². The van der Waals surface area contributed by atoms with Gasteiger partial charge in [-0.05, 0) is 30.5 Å². The zero-order valence-corrected chi connectivity index (χ0v) is 10.9. The standard InChI is InChI=1S/C13H16ClNO3/c1-8-4-5-15(7-12(8)17)13(18)10-6-9(16)2-3-11(10)14/h2-3,6,8,12,16-17H,4-5,7H2,1H3. The molecule has 0 radical (unpaired) electrons. The molecule has 2 rings (SSSR count). The van der Waals surface area contributed by atoms with Crippen LogP contribution in [-0.4, -0.2) is 40.2 Å². The molecule has 1 aliphatic rings. The highest BCUT2D eigenvalue weighted by Crippen LogP contribution is 2.25. The molecule has 0 aromatic heterocycles. The van der Waals surface area contributed by atoms with E-state index < -0.39 is 6.10 Å². The fraction of sp³-hybridized carbons (Fsp3) is 0.462. The van der Waals surface area contributed by atoms with Gasteiger partial charge in [0.05, 0.1) is 16.7 Å². The van der Waals surface area contributed by atoms with Crippen LogP contribution in [0.2, 0.25) is 5.02 Å². The number of benzene rings is 1. The lowest BCUT2D eigenvalue weighted by Gasteiger charge is -2.34. The number of nitrogens with zero attached hydrogens (tertiary/aromatic N) is 1. The number of phenols is 1. The van der Waals surface area contributed by atoms with E-state index in [1.807, 2.05) is 6.92 Å². The molecule has 98 valence electrons. The normalized spacial score (nSPS) is 24.1. The lowest BCUT2D eigenvalue weighted by atomic mass is 9.95. The van der Waals surface area contributed by atoms with Gasteiger partial charge in [-0.15, -0.1) is 0 Å². The van der Waals surface area contributed by atoms with Gasteiger partial charge in [-0.25, -0.2) is 0 Å². The number of aromatic hydroxyl groups is 1. The van der Waals surface area contributed by atoms with Crippen LogP contribution in [0, 0.1) is 5.92 Å². The summed E-state index contributed by atoms with van der Waals surface area (Å²) in [6.45, 7) is 2.88. The molecule has 1 aliphatic heterocycles. The molecular formula is C13H16ClNO3. The summed E-state index contributed by atoms with van der Waals surface area (Å²) >= 11 is 5.95. The van der Waals surface area contributed by atoms with Crippen LogP contribution in [0.15, 0.2) is 18.2 Å². The molecule has 4 nitrogen and oxygen atoms in total. The summed E-state index contributed by atoms with van der Waals surface area (Å²) in [5.74, 6) is -0.0378. The smallest absolute Gasteiger partial charge is 0.255 e. The van der Waals surface area contributed by atoms with E-state index >= 15 is 0 Å². The number of phenolic OH excluding ortho intramolecular Hbond substituents is 1. The molecular weight excluding hydrogens is 254 g/mol. The van der Waals surface area contributed by atoms with E-state index in [-0.39, 0.29) is 23.1 Å². The second-order valence-electron chi connectivity index (χ2n) is 4.75. The van der Waals surface area contributed by atoms with Gasteiger partial charge in [0.15, 0.2) is 0 Å². The Hall–Kier alpha value is -1.26. The van der Waals surface area contributed by atoms with Crippen molar-refractivity contribution in [2.75, 3.05) is 13.1 Å². The second-order valence-corrected chi connectivity index (χ2v) is 5.16. The van der Waals surface area contributed by atoms with Crippen molar-refractivity contribution in [3.8, 4) is 5.75 Å². The molecule has 2 unspecified atom stereocenters. The van der Waals surface area contributed by atoms with Crippen molar-refractivity contribution in [2.24, 2.45) is 5.92 Å². The van der Waals surface area contributed by atoms with Gasteiger partial charge >= 0.3 is 0 Å². The minimum Gasteiger partial charge on any atom is -0.508 e. The highest BCUT2D eigenvalue weighted by Gasteiger charge is 2.28. The molecule has 5 heteroatoms. The summed E-state index contributed by atoms with van der Waals surface area (Å²) in [5, 5.41) is 19.5. The van der Waals surface area contributed by atoms with Gasteiger partial charge in [0.2, 0.25) is 0 Å². The van der Waals surface area contributed by atoms with Crippen molar-refractivity contribution < 1.29 is 15.0 Å². The molecule has 1 aromatic rings. The van der Waals surface area contributed by atoms with E-state index in [4.69, 9.17) is 11.6 Å². The molecule has 0 spiro atoms. The number of hydrogen-bond acceptors (Lipinski definition) is 3. The molecule has 1 saturated heterocycles. The molecule has 1 aromatic carbocycles. The Morgan fingerprint density at radius 1 is 1.50 bits per heavy atom. The number of aliphatic hydroxyl groups is 1. The Morgan fingerprint density at radius 3 is 2.89 bits per heavy atom. The van der Waals surface area contributed by atoms with Crippen LogP contribution in [0.3, 0.4) is 0 Å². The van der Waals surface area contributed by atoms with Gasteiger partial charge in [-0.1, -0.05) is 18.5 Å². The Bertz CT molecular complexity index is 464. The maximum Gasteiger partial charge on any atom is 0.255 e. The third-order valence-electron chi connectivity index (χ3n) is 3.39. The summed E-state index contributed by atoms with van der Waals surface area (Å²) in [6.07, 6.45) is 0.266. The minimum atomic E-state index is -0.501. The fourth-order valence-corrected chi connectivity index (χ4v) is 2.28. The van der Waals surface area contributed by atoms with Crippen LogP contribution in [0.25, 0.3) is 0 Å². The van der Waals surface area contributed by atoms with E-state index in [1.54, 1.807) is 4.90 Å². The number of β-amino-alcohol motifs (C(OH)–C–C–N with tert-alkyl or cyclic N) is 1. The SMILES string of the molecule is CC1CCN(C(=O)c2cc(O)ccc2Cl)CC1O. The van der Waals surface area contributed by atoms with Crippen LogP contribution in [0.1, 0.15) is 23.7 Å². The highest BCUT2D eigenvalue weighted by molar-refractivity contribution is 6.33. The molecule has 0 bridgehead atoms. The maximum atomic E-state index is 12.2. The number of carbonyl (C=O) groups is 1. The first kappa shape index (κ1) is 13.2. The second kappa shape index (κ2) is 5.16. The largest absolute Gasteiger partial charge is 0.508 e. The summed E-state index contributed by atoms with van der Waals surface area (Å²) in [7, 11) is 0. The Kier molecular flexibility index (Phi) is 3.78. The zero-order valence-electron chi connectivity index (χ0n) is 10.1. The summed E-state index contributed by atoms with van der Waals surface area (Å²) in [5.41, 5.74) is 0.276. The van der Waals surface area contributed by atoms with Crippen molar-refractivity contribution in [3.63, 3.8) is 0 Å². The quantitative estimate of drug-likeness (QED) is 0.818. The monoisotopic (exact) mass is 269 g/mol. The van der Waals surface area contributed by atoms with Crippen LogP contribution >= 0.6 is 11.6 Å². The lowest BCUT2D eigenvalue weighted by molar-refractivity contribution is 0.0248. The third kappa shape index (κ3) is 2.60. The number of carbonyl (C=O) groups excluding carboxylic acids is 1. The molecule has 1 fully saturated rings. The van der Waals surface area contributed by atoms with E-state index in [9.17, 15) is 15.0 Å². The van der Waals surface area contributed by atoms with Gasteiger partial charge in [-0.2, -0.15) is 0 Å². The molecule has 1 heterocycles. The minimum absolute atomic E-state index is 0.00803. The molecule has 18 heavy (non-hydrogen) atoms. The Morgan fingerprint density at radius 2 is 2.22 bits per heavy atom. The molecule has 1 amide bonds. The highest BCUT2D eigenvalue weighted by atomic mass is 35.5. The van der Waals surface area contributed by atoms with Crippen LogP contribution in [0.5, 0.6) is 5.75 Å². The average molecular weight is 270 g/mol. The topological polar surface area (TPSA) is 60.8 Å². The first-order valence-corrected chi connectivity index (χ1v) is 6.32. The lowest BCUT2D eigenvalue weighted by Crippen LogP contribution is -2.45. The number of aliphatic hydroxyl groups excluding tert-OH is 1. The number of rotatable bonds is 1. The van der Waals surface area contributed by atoms with Crippen LogP contribution in [-0.2, 0) is 0 Å². The summed E-state index contributed by atoms with van der Waals surface area (Å²) in [4.78, 5) is 13.8. The number of likely N-dealkylation sites (tertiary alicyclic amines) is 1. The van der Waals surface area contributed by atoms with Crippen molar-refractivity contribution >= 4 is 17.5 Å². The van der Waals surface area contributed by atoms with Crippen LogP contribution < -0.4 is 0 Å². The number of halogens is 1. The average Bonchev–Trinajstić information content (AvgIpc) is 2.35. The zero-order chi connectivity index (χ0) is 13.3. The van der Waals surface area contributed by atoms with Crippen molar-refractivity contribution in [1.82, 2.24) is 4.90 Å². The van der Waals surface area contributed by atoms with E-state index in [2.05, 4.69) is 0 Å². The summed E-state index contributed by atoms with van der Waals surface area (Å²) in [6, 6.07) is 4.29. The van der Waals surface area contributed by atoms with E-state index in [0.717, 1.165) is 6.42 Å². The van der Waals surface area contributed by atoms with Crippen molar-refractivity contribution in [3.05, 3.63) is 28.8 Å². The van der Waals surface area contributed by atoms with Gasteiger partial charge in [0.25, 0.3) is 5.91 Å². The predicted molar refractivity (Wildman–Crippen MR) is 68.8 cm³/mol. The molecule has 0 saturated carbocycles. The van der Waals surface area contributed by atoms with Crippen LogP contribution in [0.4, 0.5) is 0 Å². The molecule has 2 atom stereocenters. The first-order valence-electron chi connectivity index (χ1n) is 5.95. The number of hydrogen-bond donors (Lipinski definition) is 2. The molecule has 0 aliphatic carbocycles. The van der Waals surface area contributed by atoms with Gasteiger partial charge < -0.3 is 15.1 Å². The first-order chi connectivity index (χ1) is 8.49. The van der Waals surface area contributed by atoms with Gasteiger partial charge in [0.1, 0.15) is 5.75 Å². The Labute approximate surface area is 111 Å². The van der Waals surface area contributed by atoms with E-state index in [0.29, 0.717) is 18.1 Å². The van der Waals surface area contributed by atoms with Crippen molar-refractivity contribution in [2.45, 2.75) is 19.4 Å². The Balaban J connectivity index is 2.19. The predicted octanol–water partition coefficient (Wildman–Crippen LogP) is 1.89. The van der Waals surface area contributed by atoms with Gasteiger partial charge in [0, 0.05) is 13.1 Å². The van der Waals surface area contributed by atoms with E-state index in [1.165, 1.54) is 18.2 Å². The fourth-order valence-electron chi connectivity index (χ4n) is 2.08. The summed E-state index contributed by atoms with van der Waals surface area (Å²) < 4.78 is 0. The third-order valence-corrected chi connectivity index (χ3v) is 3.72. The number of piperidine rings is 1. The van der Waals surface area contributed by atoms with Crippen molar-refractivity contribution in [1.29, 1.82) is 0 Å². The molecule has 2 N–H and O–H groups in total.